The van der Waals surface area contributed by atoms with Crippen LogP contribution in [0.2, 0.25) is 0 Å². The molecule has 0 amide bonds. The molecule has 0 spiro atoms. The molecule has 0 unspecified atom stereocenters. The van der Waals surface area contributed by atoms with Gasteiger partial charge in [0, 0.05) is 18.7 Å². The molecule has 1 aromatic rings. The van der Waals surface area contributed by atoms with E-state index < -0.39 is 5.97 Å². The smallest absolute Gasteiger partial charge is 0.317 e. The summed E-state index contributed by atoms with van der Waals surface area (Å²) in [6.07, 6.45) is 0. The van der Waals surface area contributed by atoms with Gasteiger partial charge in [-0.1, -0.05) is 26.0 Å². The molecule has 5 nitrogen and oxygen atoms in total. The van der Waals surface area contributed by atoms with Gasteiger partial charge < -0.3 is 14.6 Å². The summed E-state index contributed by atoms with van der Waals surface area (Å²) in [5, 5.41) is 9.00. The van der Waals surface area contributed by atoms with E-state index in [0.29, 0.717) is 30.5 Å². The zero-order valence-corrected chi connectivity index (χ0v) is 12.5. The second-order valence-corrected chi connectivity index (χ2v) is 5.11. The molecule has 0 radical (unpaired) electrons. The van der Waals surface area contributed by atoms with Crippen molar-refractivity contribution in [2.45, 2.75) is 20.4 Å². The van der Waals surface area contributed by atoms with Crippen molar-refractivity contribution in [1.82, 2.24) is 4.90 Å². The van der Waals surface area contributed by atoms with Crippen molar-refractivity contribution in [2.24, 2.45) is 5.92 Å². The lowest BCUT2D eigenvalue weighted by atomic mass is 10.1. The average molecular weight is 281 g/mol. The molecule has 0 atom stereocenters. The van der Waals surface area contributed by atoms with Crippen LogP contribution >= 0.6 is 0 Å². The van der Waals surface area contributed by atoms with Crippen LogP contribution in [-0.4, -0.2) is 43.3 Å². The predicted octanol–water partition coefficient (Wildman–Crippen LogP) is 2.25. The van der Waals surface area contributed by atoms with Crippen molar-refractivity contribution in [1.29, 1.82) is 0 Å². The summed E-state index contributed by atoms with van der Waals surface area (Å²) in [4.78, 5) is 12.9. The Kier molecular flexibility index (Phi) is 6.31. The third-order valence-electron chi connectivity index (χ3n) is 2.86. The summed E-state index contributed by atoms with van der Waals surface area (Å²) in [5.74, 6) is 0.887. The van der Waals surface area contributed by atoms with Crippen LogP contribution in [0.4, 0.5) is 0 Å². The monoisotopic (exact) mass is 281 g/mol. The molecule has 20 heavy (non-hydrogen) atoms. The number of benzene rings is 1. The minimum Gasteiger partial charge on any atom is -0.493 e. The number of carboxylic acid groups (broad SMARTS) is 1. The van der Waals surface area contributed by atoms with Crippen LogP contribution in [0, 0.1) is 5.92 Å². The van der Waals surface area contributed by atoms with E-state index in [4.69, 9.17) is 14.6 Å². The molecule has 0 fully saturated rings. The normalized spacial score (nSPS) is 10.9. The van der Waals surface area contributed by atoms with E-state index in [-0.39, 0.29) is 6.54 Å². The van der Waals surface area contributed by atoms with E-state index in [0.717, 1.165) is 5.56 Å². The Morgan fingerprint density at radius 3 is 2.50 bits per heavy atom. The standard InChI is InChI=1S/C15H23NO4/c1-11(2)8-16(10-14(17)18)9-12-6-5-7-13(19-3)15(12)20-4/h5-7,11H,8-10H2,1-4H3,(H,17,18). The summed E-state index contributed by atoms with van der Waals surface area (Å²) in [6, 6.07) is 5.63. The second kappa shape index (κ2) is 7.75. The fraction of sp³-hybridized carbons (Fsp3) is 0.533. The molecule has 1 aromatic carbocycles. The van der Waals surface area contributed by atoms with Gasteiger partial charge in [-0.2, -0.15) is 0 Å². The van der Waals surface area contributed by atoms with Gasteiger partial charge >= 0.3 is 5.97 Å². The summed E-state index contributed by atoms with van der Waals surface area (Å²) in [7, 11) is 3.18. The Balaban J connectivity index is 2.94. The van der Waals surface area contributed by atoms with E-state index in [1.165, 1.54) is 0 Å². The largest absolute Gasteiger partial charge is 0.493 e. The van der Waals surface area contributed by atoms with Gasteiger partial charge in [0.1, 0.15) is 0 Å². The maximum absolute atomic E-state index is 11.0. The van der Waals surface area contributed by atoms with Gasteiger partial charge in [-0.05, 0) is 12.0 Å². The SMILES string of the molecule is COc1cccc(CN(CC(=O)O)CC(C)C)c1OC. The van der Waals surface area contributed by atoms with Crippen LogP contribution in [-0.2, 0) is 11.3 Å². The Bertz CT molecular complexity index is 445. The molecule has 112 valence electrons. The Morgan fingerprint density at radius 1 is 1.30 bits per heavy atom. The first kappa shape index (κ1) is 16.3. The van der Waals surface area contributed by atoms with E-state index in [9.17, 15) is 4.79 Å². The Morgan fingerprint density at radius 2 is 2.00 bits per heavy atom. The first-order chi connectivity index (χ1) is 9.47. The third kappa shape index (κ3) is 4.74. The summed E-state index contributed by atoms with van der Waals surface area (Å²) in [6.45, 7) is 5.38. The number of carboxylic acids is 1. The predicted molar refractivity (Wildman–Crippen MR) is 77.3 cm³/mol. The minimum absolute atomic E-state index is 0.0124. The number of aliphatic carboxylic acids is 1. The first-order valence-corrected chi connectivity index (χ1v) is 6.62. The molecule has 0 heterocycles. The minimum atomic E-state index is -0.826. The van der Waals surface area contributed by atoms with Crippen LogP contribution in [0.3, 0.4) is 0 Å². The Labute approximate surface area is 120 Å². The maximum Gasteiger partial charge on any atom is 0.317 e. The van der Waals surface area contributed by atoms with Crippen molar-refractivity contribution < 1.29 is 19.4 Å². The van der Waals surface area contributed by atoms with Gasteiger partial charge in [0.15, 0.2) is 11.5 Å². The van der Waals surface area contributed by atoms with Gasteiger partial charge in [0.05, 0.1) is 20.8 Å². The lowest BCUT2D eigenvalue weighted by molar-refractivity contribution is -0.138. The number of para-hydroxylation sites is 1. The fourth-order valence-electron chi connectivity index (χ4n) is 2.21. The second-order valence-electron chi connectivity index (χ2n) is 5.11. The molecular formula is C15H23NO4. The van der Waals surface area contributed by atoms with Crippen molar-refractivity contribution in [3.05, 3.63) is 23.8 Å². The van der Waals surface area contributed by atoms with Crippen molar-refractivity contribution in [2.75, 3.05) is 27.3 Å². The van der Waals surface area contributed by atoms with E-state index in [1.54, 1.807) is 14.2 Å². The fourth-order valence-corrected chi connectivity index (χ4v) is 2.21. The molecule has 0 aliphatic rings. The molecule has 0 aliphatic heterocycles. The third-order valence-corrected chi connectivity index (χ3v) is 2.86. The number of hydrogen-bond donors (Lipinski definition) is 1. The van der Waals surface area contributed by atoms with E-state index in [1.807, 2.05) is 23.1 Å². The number of methoxy groups -OCH3 is 2. The highest BCUT2D eigenvalue weighted by Gasteiger charge is 2.16. The molecular weight excluding hydrogens is 258 g/mol. The lowest BCUT2D eigenvalue weighted by Crippen LogP contribution is -2.32. The number of rotatable bonds is 8. The van der Waals surface area contributed by atoms with Gasteiger partial charge in [-0.3, -0.25) is 9.69 Å². The van der Waals surface area contributed by atoms with E-state index in [2.05, 4.69) is 13.8 Å². The van der Waals surface area contributed by atoms with Crippen LogP contribution in [0.5, 0.6) is 11.5 Å². The quantitative estimate of drug-likeness (QED) is 0.792. The topological polar surface area (TPSA) is 59.0 Å². The molecule has 1 N–H and O–H groups in total. The van der Waals surface area contributed by atoms with Crippen LogP contribution in [0.25, 0.3) is 0 Å². The molecule has 0 aromatic heterocycles. The number of nitrogens with zero attached hydrogens (tertiary/aromatic N) is 1. The number of carbonyl (C=O) groups is 1. The zero-order chi connectivity index (χ0) is 15.1. The lowest BCUT2D eigenvalue weighted by Gasteiger charge is -2.23. The average Bonchev–Trinajstić information content (AvgIpc) is 2.36. The molecule has 0 bridgehead atoms. The zero-order valence-electron chi connectivity index (χ0n) is 12.5. The maximum atomic E-state index is 11.0. The number of hydrogen-bond acceptors (Lipinski definition) is 4. The van der Waals surface area contributed by atoms with Crippen LogP contribution < -0.4 is 9.47 Å². The van der Waals surface area contributed by atoms with Gasteiger partial charge in [-0.15, -0.1) is 0 Å². The summed E-state index contributed by atoms with van der Waals surface area (Å²) >= 11 is 0. The highest BCUT2D eigenvalue weighted by molar-refractivity contribution is 5.69. The van der Waals surface area contributed by atoms with Gasteiger partial charge in [0.25, 0.3) is 0 Å². The number of ether oxygens (including phenoxy) is 2. The molecule has 5 heteroatoms. The summed E-state index contributed by atoms with van der Waals surface area (Å²) in [5.41, 5.74) is 0.925. The van der Waals surface area contributed by atoms with Crippen molar-refractivity contribution >= 4 is 5.97 Å². The molecule has 0 aliphatic carbocycles. The van der Waals surface area contributed by atoms with Crippen molar-refractivity contribution in [3.8, 4) is 11.5 Å². The molecule has 1 rings (SSSR count). The van der Waals surface area contributed by atoms with Gasteiger partial charge in [0.2, 0.25) is 0 Å². The first-order valence-electron chi connectivity index (χ1n) is 6.62. The molecule has 0 saturated heterocycles. The van der Waals surface area contributed by atoms with E-state index >= 15 is 0 Å². The highest BCUT2D eigenvalue weighted by Crippen LogP contribution is 2.31. The van der Waals surface area contributed by atoms with Gasteiger partial charge in [-0.25, -0.2) is 0 Å². The van der Waals surface area contributed by atoms with Crippen LogP contribution in [0.15, 0.2) is 18.2 Å². The molecule has 0 saturated carbocycles. The van der Waals surface area contributed by atoms with Crippen LogP contribution in [0.1, 0.15) is 19.4 Å². The van der Waals surface area contributed by atoms with Crippen molar-refractivity contribution in [3.63, 3.8) is 0 Å². The summed E-state index contributed by atoms with van der Waals surface area (Å²) < 4.78 is 10.6. The highest BCUT2D eigenvalue weighted by atomic mass is 16.5. The Hall–Kier alpha value is -1.75.